The molecule has 0 spiro atoms. The van der Waals surface area contributed by atoms with Crippen LogP contribution in [0.2, 0.25) is 0 Å². The van der Waals surface area contributed by atoms with Gasteiger partial charge in [-0.2, -0.15) is 5.10 Å². The van der Waals surface area contributed by atoms with Crippen LogP contribution in [0.4, 0.5) is 0 Å². The van der Waals surface area contributed by atoms with Crippen molar-refractivity contribution in [3.8, 4) is 10.4 Å². The third kappa shape index (κ3) is 3.80. The topological polar surface area (TPSA) is 50.5 Å². The lowest BCUT2D eigenvalue weighted by atomic mass is 9.97. The van der Waals surface area contributed by atoms with Crippen molar-refractivity contribution < 1.29 is 4.79 Å². The Morgan fingerprint density at radius 3 is 2.83 bits per heavy atom. The van der Waals surface area contributed by atoms with Gasteiger partial charge >= 0.3 is 0 Å². The Morgan fingerprint density at radius 1 is 1.10 bits per heavy atom. The summed E-state index contributed by atoms with van der Waals surface area (Å²) >= 11 is 1.72. The number of piperidine rings is 1. The molecule has 5 rings (SSSR count). The molecule has 0 radical (unpaired) electrons. The molecule has 0 N–H and O–H groups in total. The van der Waals surface area contributed by atoms with Gasteiger partial charge in [-0.1, -0.05) is 36.4 Å². The van der Waals surface area contributed by atoms with Crippen molar-refractivity contribution in [2.24, 2.45) is 0 Å². The van der Waals surface area contributed by atoms with Crippen LogP contribution >= 0.6 is 11.3 Å². The first-order valence-electron chi connectivity index (χ1n) is 9.98. The van der Waals surface area contributed by atoms with E-state index < -0.39 is 0 Å². The molecule has 3 aromatic heterocycles. The summed E-state index contributed by atoms with van der Waals surface area (Å²) in [5, 5.41) is 6.84. The summed E-state index contributed by atoms with van der Waals surface area (Å²) in [6.07, 6.45) is 4.50. The van der Waals surface area contributed by atoms with Gasteiger partial charge in [-0.05, 0) is 42.0 Å². The fourth-order valence-corrected chi connectivity index (χ4v) is 4.68. The largest absolute Gasteiger partial charge is 0.342 e. The van der Waals surface area contributed by atoms with Crippen LogP contribution in [0.25, 0.3) is 16.1 Å². The predicted molar refractivity (Wildman–Crippen MR) is 115 cm³/mol. The molecule has 1 aliphatic rings. The highest BCUT2D eigenvalue weighted by Crippen LogP contribution is 2.28. The van der Waals surface area contributed by atoms with Gasteiger partial charge in [0.2, 0.25) is 5.91 Å². The number of fused-ring (bicyclic) bond motifs is 1. The Labute approximate surface area is 173 Å². The van der Waals surface area contributed by atoms with Crippen LogP contribution in [0, 0.1) is 0 Å². The molecule has 1 amide bonds. The maximum atomic E-state index is 12.8. The molecule has 1 aromatic carbocycles. The molecule has 1 aliphatic heterocycles. The lowest BCUT2D eigenvalue weighted by Crippen LogP contribution is -2.40. The Hall–Kier alpha value is -2.99. The first-order valence-corrected chi connectivity index (χ1v) is 10.9. The average molecular weight is 403 g/mol. The SMILES string of the molecule is O=C(Cc1ccccc1)N1CCCC(c2nc3ccc(-c4cccs4)cn3n2)C1. The maximum Gasteiger partial charge on any atom is 0.227 e. The second-order valence-electron chi connectivity index (χ2n) is 7.51. The standard InChI is InChI=1S/C23H22N4OS/c28-22(14-17-6-2-1-3-7-17)26-12-4-8-19(15-26)23-24-21-11-10-18(16-27(21)25-23)20-9-5-13-29-20/h1-3,5-7,9-11,13,16,19H,4,8,12,14-15H2. The number of carbonyl (C=O) groups is 1. The molecule has 5 nitrogen and oxygen atoms in total. The molecule has 4 heterocycles. The summed E-state index contributed by atoms with van der Waals surface area (Å²) in [5.74, 6) is 1.21. The van der Waals surface area contributed by atoms with E-state index in [1.54, 1.807) is 11.3 Å². The molecule has 146 valence electrons. The number of amides is 1. The third-order valence-corrected chi connectivity index (χ3v) is 6.41. The Morgan fingerprint density at radius 2 is 2.00 bits per heavy atom. The highest BCUT2D eigenvalue weighted by Gasteiger charge is 2.27. The van der Waals surface area contributed by atoms with Gasteiger partial charge in [-0.25, -0.2) is 9.50 Å². The fraction of sp³-hybridized carbons (Fsp3) is 0.261. The molecule has 6 heteroatoms. The van der Waals surface area contributed by atoms with E-state index in [1.165, 1.54) is 4.88 Å². The molecule has 1 unspecified atom stereocenters. The van der Waals surface area contributed by atoms with Crippen molar-refractivity contribution in [3.63, 3.8) is 0 Å². The molecule has 0 bridgehead atoms. The van der Waals surface area contributed by atoms with E-state index in [1.807, 2.05) is 52.0 Å². The number of aromatic nitrogens is 3. The molecule has 0 saturated carbocycles. The van der Waals surface area contributed by atoms with Crippen molar-refractivity contribution in [1.82, 2.24) is 19.5 Å². The minimum absolute atomic E-state index is 0.185. The number of nitrogens with zero attached hydrogens (tertiary/aromatic N) is 4. The smallest absolute Gasteiger partial charge is 0.227 e. The van der Waals surface area contributed by atoms with E-state index in [2.05, 4.69) is 23.6 Å². The van der Waals surface area contributed by atoms with Crippen molar-refractivity contribution in [1.29, 1.82) is 0 Å². The monoisotopic (exact) mass is 402 g/mol. The second-order valence-corrected chi connectivity index (χ2v) is 8.46. The number of hydrogen-bond acceptors (Lipinski definition) is 4. The van der Waals surface area contributed by atoms with Gasteiger partial charge in [0, 0.05) is 35.6 Å². The molecule has 0 aliphatic carbocycles. The third-order valence-electron chi connectivity index (χ3n) is 5.49. The predicted octanol–water partition coefficient (Wildman–Crippen LogP) is 4.41. The zero-order valence-corrected chi connectivity index (χ0v) is 16.9. The van der Waals surface area contributed by atoms with Crippen molar-refractivity contribution in [3.05, 3.63) is 77.6 Å². The van der Waals surface area contributed by atoms with Crippen LogP contribution in [-0.2, 0) is 11.2 Å². The molecule has 29 heavy (non-hydrogen) atoms. The summed E-state index contributed by atoms with van der Waals surface area (Å²) in [6.45, 7) is 1.51. The number of thiophene rings is 1. The van der Waals surface area contributed by atoms with Gasteiger partial charge in [0.1, 0.15) is 0 Å². The van der Waals surface area contributed by atoms with E-state index in [9.17, 15) is 4.79 Å². The summed E-state index contributed by atoms with van der Waals surface area (Å²) < 4.78 is 1.87. The van der Waals surface area contributed by atoms with Crippen molar-refractivity contribution >= 4 is 22.9 Å². The van der Waals surface area contributed by atoms with E-state index >= 15 is 0 Å². The zero-order chi connectivity index (χ0) is 19.6. The van der Waals surface area contributed by atoms with Gasteiger partial charge in [0.15, 0.2) is 11.5 Å². The van der Waals surface area contributed by atoms with E-state index in [0.717, 1.165) is 42.0 Å². The van der Waals surface area contributed by atoms with Crippen LogP contribution in [0.3, 0.4) is 0 Å². The lowest BCUT2D eigenvalue weighted by Gasteiger charge is -2.31. The van der Waals surface area contributed by atoms with Gasteiger partial charge in [0.05, 0.1) is 6.42 Å². The van der Waals surface area contributed by atoms with Gasteiger partial charge in [-0.15, -0.1) is 11.3 Å². The number of rotatable bonds is 4. The summed E-state index contributed by atoms with van der Waals surface area (Å²) in [4.78, 5) is 20.7. The Bertz CT molecular complexity index is 1120. The second kappa shape index (κ2) is 7.79. The fourth-order valence-electron chi connectivity index (χ4n) is 3.96. The van der Waals surface area contributed by atoms with E-state index in [-0.39, 0.29) is 11.8 Å². The first-order chi connectivity index (χ1) is 14.3. The maximum absolute atomic E-state index is 12.8. The average Bonchev–Trinajstić information content (AvgIpc) is 3.44. The molecular formula is C23H22N4OS. The molecular weight excluding hydrogens is 380 g/mol. The number of hydrogen-bond donors (Lipinski definition) is 0. The molecule has 1 fully saturated rings. The number of benzene rings is 1. The summed E-state index contributed by atoms with van der Waals surface area (Å²) in [7, 11) is 0. The van der Waals surface area contributed by atoms with Gasteiger partial charge in [-0.3, -0.25) is 4.79 Å². The molecule has 1 atom stereocenters. The zero-order valence-electron chi connectivity index (χ0n) is 16.1. The minimum atomic E-state index is 0.185. The highest BCUT2D eigenvalue weighted by atomic mass is 32.1. The van der Waals surface area contributed by atoms with Crippen molar-refractivity contribution in [2.75, 3.05) is 13.1 Å². The number of likely N-dealkylation sites (tertiary alicyclic amines) is 1. The van der Waals surface area contributed by atoms with Crippen LogP contribution in [0.5, 0.6) is 0 Å². The van der Waals surface area contributed by atoms with E-state index in [0.29, 0.717) is 13.0 Å². The van der Waals surface area contributed by atoms with Crippen LogP contribution in [-0.4, -0.2) is 38.5 Å². The minimum Gasteiger partial charge on any atom is -0.342 e. The van der Waals surface area contributed by atoms with Crippen molar-refractivity contribution in [2.45, 2.75) is 25.2 Å². The van der Waals surface area contributed by atoms with E-state index in [4.69, 9.17) is 10.1 Å². The van der Waals surface area contributed by atoms with Gasteiger partial charge < -0.3 is 4.90 Å². The Balaban J connectivity index is 1.33. The molecule has 4 aromatic rings. The quantitative estimate of drug-likeness (QED) is 0.508. The first kappa shape index (κ1) is 18.1. The summed E-state index contributed by atoms with van der Waals surface area (Å²) in [5.41, 5.74) is 3.06. The van der Waals surface area contributed by atoms with Gasteiger partial charge in [0.25, 0.3) is 0 Å². The Kier molecular flexibility index (Phi) is 4.86. The van der Waals surface area contributed by atoms with Crippen LogP contribution in [0.1, 0.15) is 30.1 Å². The normalized spacial score (nSPS) is 17.0. The highest BCUT2D eigenvalue weighted by molar-refractivity contribution is 7.13. The van der Waals surface area contributed by atoms with Crippen LogP contribution < -0.4 is 0 Å². The summed E-state index contributed by atoms with van der Waals surface area (Å²) in [6, 6.07) is 18.2. The lowest BCUT2D eigenvalue weighted by molar-refractivity contribution is -0.131. The molecule has 1 saturated heterocycles. The number of pyridine rings is 1. The van der Waals surface area contributed by atoms with Crippen LogP contribution in [0.15, 0.2) is 66.2 Å². The number of carbonyl (C=O) groups excluding carboxylic acids is 1.